The van der Waals surface area contributed by atoms with Crippen molar-refractivity contribution >= 4 is 28.5 Å². The zero-order valence-corrected chi connectivity index (χ0v) is 18.5. The number of hydrogen-bond donors (Lipinski definition) is 1. The molecule has 3 rings (SSSR count). The molecule has 1 N–H and O–H groups in total. The zero-order chi connectivity index (χ0) is 19.9. The molecule has 2 aliphatic heterocycles. The monoisotopic (exact) mass is 500 g/mol. The van der Waals surface area contributed by atoms with Gasteiger partial charge in [-0.25, -0.2) is 0 Å². The topological polar surface area (TPSA) is 62.2 Å². The van der Waals surface area contributed by atoms with Crippen molar-refractivity contribution in [2.75, 3.05) is 46.4 Å². The van der Waals surface area contributed by atoms with Crippen molar-refractivity contribution < 1.29 is 19.4 Å². The van der Waals surface area contributed by atoms with Gasteiger partial charge < -0.3 is 24.4 Å². The maximum atomic E-state index is 13.0. The third-order valence-corrected chi connectivity index (χ3v) is 5.93. The van der Waals surface area contributed by atoms with E-state index in [1.54, 1.807) is 0 Å². The lowest BCUT2D eigenvalue weighted by Crippen LogP contribution is -2.48. The summed E-state index contributed by atoms with van der Waals surface area (Å²) in [5.41, 5.74) is 1.16. The molecule has 154 valence electrons. The van der Waals surface area contributed by atoms with E-state index in [2.05, 4.69) is 58.8 Å². The number of nitrogens with zero attached hydrogens (tertiary/aromatic N) is 2. The normalized spacial score (nSPS) is 23.2. The van der Waals surface area contributed by atoms with Gasteiger partial charge in [-0.2, -0.15) is 0 Å². The van der Waals surface area contributed by atoms with Gasteiger partial charge in [-0.15, -0.1) is 0 Å². The minimum Gasteiger partial charge on any atom is -0.459 e. The van der Waals surface area contributed by atoms with Crippen LogP contribution >= 0.6 is 22.6 Å². The molecule has 1 amide bonds. The first kappa shape index (κ1) is 21.5. The molecule has 2 aliphatic rings. The lowest BCUT2D eigenvalue weighted by molar-refractivity contribution is -0.153. The molecule has 0 aromatic heterocycles. The number of halogens is 1. The Morgan fingerprint density at radius 1 is 1.21 bits per heavy atom. The molecule has 0 radical (unpaired) electrons. The molecular weight excluding hydrogens is 471 g/mol. The maximum Gasteiger partial charge on any atom is 0.288 e. The van der Waals surface area contributed by atoms with Crippen LogP contribution in [0.1, 0.15) is 30.7 Å². The van der Waals surface area contributed by atoms with Crippen molar-refractivity contribution in [3.05, 3.63) is 45.2 Å². The minimum absolute atomic E-state index is 0.0488. The van der Waals surface area contributed by atoms with E-state index in [9.17, 15) is 4.79 Å². The second kappa shape index (κ2) is 10.6. The van der Waals surface area contributed by atoms with Crippen molar-refractivity contribution in [3.8, 4) is 0 Å². The van der Waals surface area contributed by atoms with Gasteiger partial charge in [0.2, 0.25) is 6.29 Å². The van der Waals surface area contributed by atoms with Gasteiger partial charge in [0.15, 0.2) is 5.76 Å². The first-order valence-corrected chi connectivity index (χ1v) is 11.0. The van der Waals surface area contributed by atoms with Crippen LogP contribution in [0.5, 0.6) is 0 Å². The highest BCUT2D eigenvalue weighted by molar-refractivity contribution is 14.1. The fourth-order valence-corrected chi connectivity index (χ4v) is 3.81. The van der Waals surface area contributed by atoms with E-state index in [4.69, 9.17) is 14.6 Å². The minimum atomic E-state index is -0.445. The summed E-state index contributed by atoms with van der Waals surface area (Å²) in [4.78, 5) is 17.1. The number of rotatable bonds is 7. The number of allylic oxidation sites excluding steroid dienone is 1. The fourth-order valence-electron chi connectivity index (χ4n) is 3.45. The second-order valence-corrected chi connectivity index (χ2v) is 8.61. The van der Waals surface area contributed by atoms with Gasteiger partial charge in [-0.3, -0.25) is 4.79 Å². The first-order chi connectivity index (χ1) is 13.6. The molecule has 6 nitrogen and oxygen atoms in total. The Balaban J connectivity index is 1.73. The molecule has 7 heteroatoms. The number of ether oxygens (including phenoxy) is 2. The first-order valence-electron chi connectivity index (χ1n) is 9.91. The Labute approximate surface area is 180 Å². The molecule has 0 saturated carbocycles. The third-order valence-electron chi connectivity index (χ3n) is 5.21. The van der Waals surface area contributed by atoms with E-state index in [1.165, 1.54) is 3.57 Å². The Kier molecular flexibility index (Phi) is 8.13. The number of piperazine rings is 1. The predicted molar refractivity (Wildman–Crippen MR) is 116 cm³/mol. The number of aliphatic hydroxyl groups is 1. The van der Waals surface area contributed by atoms with Gasteiger partial charge in [0, 0.05) is 48.7 Å². The number of hydrogen-bond acceptors (Lipinski definition) is 5. The summed E-state index contributed by atoms with van der Waals surface area (Å²) in [5, 5.41) is 8.94. The van der Waals surface area contributed by atoms with Crippen LogP contribution in [0.3, 0.4) is 0 Å². The van der Waals surface area contributed by atoms with E-state index in [-0.39, 0.29) is 18.4 Å². The van der Waals surface area contributed by atoms with E-state index >= 15 is 0 Å². The van der Waals surface area contributed by atoms with Crippen LogP contribution in [-0.2, 0) is 14.3 Å². The summed E-state index contributed by atoms with van der Waals surface area (Å²) in [5.74, 6) is 0.429. The zero-order valence-electron chi connectivity index (χ0n) is 16.3. The van der Waals surface area contributed by atoms with Gasteiger partial charge in [0.25, 0.3) is 5.91 Å². The van der Waals surface area contributed by atoms with E-state index in [1.807, 2.05) is 11.0 Å². The third kappa shape index (κ3) is 5.92. The number of carbonyl (C=O) groups excluding carboxylic acids is 1. The Morgan fingerprint density at radius 3 is 2.61 bits per heavy atom. The number of unbranched alkanes of at least 4 members (excludes halogenated alkanes) is 1. The van der Waals surface area contributed by atoms with Crippen molar-refractivity contribution in [3.63, 3.8) is 0 Å². The average Bonchev–Trinajstić information content (AvgIpc) is 2.71. The lowest BCUT2D eigenvalue weighted by Gasteiger charge is -2.35. The van der Waals surface area contributed by atoms with Gasteiger partial charge in [-0.05, 0) is 66.3 Å². The molecule has 28 heavy (non-hydrogen) atoms. The van der Waals surface area contributed by atoms with Crippen molar-refractivity contribution in [1.82, 2.24) is 9.80 Å². The summed E-state index contributed by atoms with van der Waals surface area (Å²) in [6.45, 7) is 3.85. The van der Waals surface area contributed by atoms with Gasteiger partial charge >= 0.3 is 0 Å². The number of amides is 1. The molecule has 0 unspecified atom stereocenters. The molecule has 1 fully saturated rings. The molecule has 0 spiro atoms. The van der Waals surface area contributed by atoms with Crippen LogP contribution in [0.15, 0.2) is 36.1 Å². The van der Waals surface area contributed by atoms with Gasteiger partial charge in [-0.1, -0.05) is 12.1 Å². The van der Waals surface area contributed by atoms with Crippen LogP contribution in [0.2, 0.25) is 0 Å². The predicted octanol–water partition coefficient (Wildman–Crippen LogP) is 2.57. The van der Waals surface area contributed by atoms with E-state index in [0.29, 0.717) is 38.3 Å². The SMILES string of the molecule is CN1CCN(C(=O)C2=C[C@H](c3ccc(I)cc3)C[C@H](OCCCCO)O2)CC1. The van der Waals surface area contributed by atoms with Crippen LogP contribution < -0.4 is 0 Å². The van der Waals surface area contributed by atoms with Crippen molar-refractivity contribution in [2.24, 2.45) is 0 Å². The highest BCUT2D eigenvalue weighted by Gasteiger charge is 2.31. The summed E-state index contributed by atoms with van der Waals surface area (Å²) in [6.07, 6.45) is 3.67. The highest BCUT2D eigenvalue weighted by atomic mass is 127. The largest absolute Gasteiger partial charge is 0.459 e. The second-order valence-electron chi connectivity index (χ2n) is 7.37. The molecule has 1 saturated heterocycles. The van der Waals surface area contributed by atoms with Crippen LogP contribution in [0.25, 0.3) is 0 Å². The smallest absolute Gasteiger partial charge is 0.288 e. The number of likely N-dealkylation sites (N-methyl/N-ethyl adjacent to an activating group) is 1. The Bertz CT molecular complexity index is 671. The molecular formula is C21H29IN2O4. The summed E-state index contributed by atoms with van der Waals surface area (Å²) in [7, 11) is 2.07. The Morgan fingerprint density at radius 2 is 1.93 bits per heavy atom. The molecule has 2 heterocycles. The maximum absolute atomic E-state index is 13.0. The van der Waals surface area contributed by atoms with Crippen molar-refractivity contribution in [1.29, 1.82) is 0 Å². The van der Waals surface area contributed by atoms with Gasteiger partial charge in [0.1, 0.15) is 0 Å². The van der Waals surface area contributed by atoms with Crippen LogP contribution in [0, 0.1) is 3.57 Å². The Hall–Kier alpha value is -1.16. The summed E-state index contributed by atoms with van der Waals surface area (Å²) in [6, 6.07) is 8.38. The standard InChI is InChI=1S/C21H29IN2O4/c1-23-8-10-24(11-9-23)21(26)19-14-17(16-4-6-18(22)7-5-16)15-20(28-19)27-13-3-2-12-25/h4-7,14,17,20,25H,2-3,8-13,15H2,1H3/t17-,20+/m0/s1. The molecule has 1 aromatic carbocycles. The highest BCUT2D eigenvalue weighted by Crippen LogP contribution is 2.32. The number of carbonyl (C=O) groups is 1. The van der Waals surface area contributed by atoms with Crippen LogP contribution in [0.4, 0.5) is 0 Å². The molecule has 0 aliphatic carbocycles. The quantitative estimate of drug-likeness (QED) is 0.461. The molecule has 1 aromatic rings. The van der Waals surface area contributed by atoms with Crippen molar-refractivity contribution in [2.45, 2.75) is 31.5 Å². The van der Waals surface area contributed by atoms with E-state index in [0.717, 1.165) is 25.1 Å². The average molecular weight is 500 g/mol. The van der Waals surface area contributed by atoms with E-state index < -0.39 is 6.29 Å². The van der Waals surface area contributed by atoms with Gasteiger partial charge in [0.05, 0.1) is 6.61 Å². The lowest BCUT2D eigenvalue weighted by atomic mass is 9.93. The number of aliphatic hydroxyl groups excluding tert-OH is 1. The number of benzene rings is 1. The summed E-state index contributed by atoms with van der Waals surface area (Å²) >= 11 is 2.29. The molecule has 0 bridgehead atoms. The summed E-state index contributed by atoms with van der Waals surface area (Å²) < 4.78 is 13.0. The fraction of sp³-hybridized carbons (Fsp3) is 0.571. The molecule has 2 atom stereocenters. The van der Waals surface area contributed by atoms with Crippen LogP contribution in [-0.4, -0.2) is 73.5 Å².